The molecule has 0 aliphatic heterocycles. The molecule has 2 atom stereocenters. The van der Waals surface area contributed by atoms with E-state index in [1.165, 1.54) is 11.3 Å². The first-order valence-corrected chi connectivity index (χ1v) is 9.53. The number of alkyl carbamates (subject to hydrolysis) is 1. The third-order valence-electron chi connectivity index (χ3n) is 3.84. The molecule has 1 aliphatic rings. The summed E-state index contributed by atoms with van der Waals surface area (Å²) in [6.45, 7) is 5.81. The van der Waals surface area contributed by atoms with Crippen molar-refractivity contribution < 1.29 is 19.4 Å². The third-order valence-corrected chi connectivity index (χ3v) is 4.75. The van der Waals surface area contributed by atoms with Gasteiger partial charge in [0.15, 0.2) is 0 Å². The van der Waals surface area contributed by atoms with Crippen LogP contribution < -0.4 is 10.6 Å². The van der Waals surface area contributed by atoms with Gasteiger partial charge in [0, 0.05) is 18.3 Å². The highest BCUT2D eigenvalue weighted by Crippen LogP contribution is 2.19. The molecule has 1 aromatic heterocycles. The molecule has 8 heteroatoms. The minimum atomic E-state index is -0.528. The lowest BCUT2D eigenvalue weighted by Crippen LogP contribution is -2.45. The van der Waals surface area contributed by atoms with Gasteiger partial charge >= 0.3 is 6.09 Å². The molecule has 1 aromatic rings. The van der Waals surface area contributed by atoms with Crippen LogP contribution in [0.15, 0.2) is 5.38 Å². The number of hydrogen-bond donors (Lipinski definition) is 3. The van der Waals surface area contributed by atoms with Crippen LogP contribution in [-0.4, -0.2) is 46.4 Å². The van der Waals surface area contributed by atoms with Crippen molar-refractivity contribution in [2.75, 3.05) is 6.54 Å². The minimum Gasteiger partial charge on any atom is -0.444 e. The highest BCUT2D eigenvalue weighted by Gasteiger charge is 2.25. The number of aliphatic hydroxyl groups excluding tert-OH is 1. The molecular formula is C17H27N3O4S. The number of amides is 2. The standard InChI is InChI=1S/C17H27N3O4S/c1-17(2,3)24-16(23)18-9-8-14-19-12(10-25-14)15(22)20-11-6-4-5-7-13(11)21/h10-11,13,21H,4-9H2,1-3H3,(H,18,23)(H,20,22). The first kappa shape index (κ1) is 19.7. The van der Waals surface area contributed by atoms with Gasteiger partial charge in [0.25, 0.3) is 5.91 Å². The summed E-state index contributed by atoms with van der Waals surface area (Å²) < 4.78 is 5.16. The number of ether oxygens (including phenoxy) is 1. The summed E-state index contributed by atoms with van der Waals surface area (Å²) in [6.07, 6.45) is 3.12. The summed E-state index contributed by atoms with van der Waals surface area (Å²) in [5.41, 5.74) is -0.171. The second-order valence-corrected chi connectivity index (χ2v) is 8.18. The van der Waals surface area contributed by atoms with Crippen molar-refractivity contribution in [3.63, 3.8) is 0 Å². The molecule has 25 heavy (non-hydrogen) atoms. The fourth-order valence-electron chi connectivity index (χ4n) is 2.64. The largest absolute Gasteiger partial charge is 0.444 e. The Hall–Kier alpha value is -1.67. The average molecular weight is 369 g/mol. The summed E-state index contributed by atoms with van der Waals surface area (Å²) in [7, 11) is 0. The Bertz CT molecular complexity index is 597. The SMILES string of the molecule is CC(C)(C)OC(=O)NCCc1nc(C(=O)NC2CCCCC2O)cs1. The van der Waals surface area contributed by atoms with Gasteiger partial charge in [0.05, 0.1) is 17.2 Å². The van der Waals surface area contributed by atoms with Crippen molar-refractivity contribution in [1.82, 2.24) is 15.6 Å². The van der Waals surface area contributed by atoms with E-state index >= 15 is 0 Å². The highest BCUT2D eigenvalue weighted by molar-refractivity contribution is 7.09. The van der Waals surface area contributed by atoms with Crippen molar-refractivity contribution in [3.8, 4) is 0 Å². The van der Waals surface area contributed by atoms with Crippen LogP contribution in [0.4, 0.5) is 4.79 Å². The average Bonchev–Trinajstić information content (AvgIpc) is 2.96. The van der Waals surface area contributed by atoms with E-state index in [1.54, 1.807) is 5.38 Å². The van der Waals surface area contributed by atoms with Crippen LogP contribution >= 0.6 is 11.3 Å². The van der Waals surface area contributed by atoms with Gasteiger partial charge in [-0.05, 0) is 33.6 Å². The second-order valence-electron chi connectivity index (χ2n) is 7.24. The topological polar surface area (TPSA) is 101 Å². The van der Waals surface area contributed by atoms with E-state index in [4.69, 9.17) is 4.74 Å². The molecule has 7 nitrogen and oxygen atoms in total. The number of rotatable bonds is 5. The molecule has 0 aromatic carbocycles. The van der Waals surface area contributed by atoms with Crippen molar-refractivity contribution in [2.45, 2.75) is 70.6 Å². The van der Waals surface area contributed by atoms with Gasteiger partial charge < -0.3 is 20.5 Å². The van der Waals surface area contributed by atoms with Crippen molar-refractivity contribution >= 4 is 23.3 Å². The lowest BCUT2D eigenvalue weighted by atomic mass is 9.92. The maximum Gasteiger partial charge on any atom is 0.407 e. The first-order valence-electron chi connectivity index (χ1n) is 8.65. The molecule has 0 saturated heterocycles. The Morgan fingerprint density at radius 3 is 2.76 bits per heavy atom. The van der Waals surface area contributed by atoms with Crippen LogP contribution in [0.25, 0.3) is 0 Å². The van der Waals surface area contributed by atoms with E-state index in [0.29, 0.717) is 18.7 Å². The second kappa shape index (κ2) is 8.62. The monoisotopic (exact) mass is 369 g/mol. The molecule has 2 amide bonds. The van der Waals surface area contributed by atoms with Gasteiger partial charge in [0.2, 0.25) is 0 Å². The van der Waals surface area contributed by atoms with Gasteiger partial charge in [-0.2, -0.15) is 0 Å². The normalized spacial score (nSPS) is 20.8. The summed E-state index contributed by atoms with van der Waals surface area (Å²) in [6, 6.07) is -0.194. The van der Waals surface area contributed by atoms with Gasteiger partial charge in [0.1, 0.15) is 11.3 Å². The lowest BCUT2D eigenvalue weighted by Gasteiger charge is -2.27. The zero-order valence-corrected chi connectivity index (χ0v) is 15.8. The molecule has 1 fully saturated rings. The number of aliphatic hydroxyl groups is 1. The van der Waals surface area contributed by atoms with E-state index in [2.05, 4.69) is 15.6 Å². The molecule has 0 spiro atoms. The molecule has 2 rings (SSSR count). The molecule has 1 saturated carbocycles. The van der Waals surface area contributed by atoms with E-state index in [0.717, 1.165) is 30.7 Å². The summed E-state index contributed by atoms with van der Waals surface area (Å²) in [4.78, 5) is 28.1. The Kier molecular flexibility index (Phi) is 6.78. The number of nitrogens with zero attached hydrogens (tertiary/aromatic N) is 1. The Labute approximate surface area is 152 Å². The molecule has 1 aliphatic carbocycles. The number of nitrogens with one attached hydrogen (secondary N) is 2. The van der Waals surface area contributed by atoms with Crippen molar-refractivity contribution in [3.05, 3.63) is 16.1 Å². The van der Waals surface area contributed by atoms with Gasteiger partial charge in [-0.1, -0.05) is 12.8 Å². The molecule has 2 unspecified atom stereocenters. The van der Waals surface area contributed by atoms with Gasteiger partial charge in [-0.3, -0.25) is 4.79 Å². The quantitative estimate of drug-likeness (QED) is 0.739. The lowest BCUT2D eigenvalue weighted by molar-refractivity contribution is 0.0528. The van der Waals surface area contributed by atoms with Crippen LogP contribution in [0.5, 0.6) is 0 Å². The minimum absolute atomic E-state index is 0.194. The summed E-state index contributed by atoms with van der Waals surface area (Å²) in [5.74, 6) is -0.256. The van der Waals surface area contributed by atoms with Gasteiger partial charge in [-0.15, -0.1) is 11.3 Å². The van der Waals surface area contributed by atoms with E-state index < -0.39 is 17.8 Å². The molecule has 3 N–H and O–H groups in total. The van der Waals surface area contributed by atoms with Crippen LogP contribution in [0.2, 0.25) is 0 Å². The summed E-state index contributed by atoms with van der Waals surface area (Å²) in [5, 5.41) is 17.9. The van der Waals surface area contributed by atoms with Crippen LogP contribution in [0.1, 0.15) is 62.0 Å². The summed E-state index contributed by atoms with van der Waals surface area (Å²) >= 11 is 1.38. The Morgan fingerprint density at radius 2 is 2.08 bits per heavy atom. The van der Waals surface area contributed by atoms with E-state index in [9.17, 15) is 14.7 Å². The Morgan fingerprint density at radius 1 is 1.36 bits per heavy atom. The fraction of sp³-hybridized carbons (Fsp3) is 0.706. The molecule has 0 radical (unpaired) electrons. The van der Waals surface area contributed by atoms with Crippen molar-refractivity contribution in [1.29, 1.82) is 0 Å². The number of aromatic nitrogens is 1. The van der Waals surface area contributed by atoms with Crippen LogP contribution in [0, 0.1) is 0 Å². The zero-order chi connectivity index (χ0) is 18.4. The molecule has 1 heterocycles. The van der Waals surface area contributed by atoms with Crippen LogP contribution in [-0.2, 0) is 11.2 Å². The van der Waals surface area contributed by atoms with Crippen molar-refractivity contribution in [2.24, 2.45) is 0 Å². The number of carbonyl (C=O) groups excluding carboxylic acids is 2. The van der Waals surface area contributed by atoms with E-state index in [1.807, 2.05) is 20.8 Å². The maximum atomic E-state index is 12.2. The zero-order valence-electron chi connectivity index (χ0n) is 15.0. The molecule has 140 valence electrons. The first-order chi connectivity index (χ1) is 11.7. The van der Waals surface area contributed by atoms with E-state index in [-0.39, 0.29) is 11.9 Å². The fourth-order valence-corrected chi connectivity index (χ4v) is 3.42. The Balaban J connectivity index is 1.77. The number of carbonyl (C=O) groups is 2. The molecule has 0 bridgehead atoms. The highest BCUT2D eigenvalue weighted by atomic mass is 32.1. The predicted octanol–water partition coefficient (Wildman–Crippen LogP) is 2.24. The molecular weight excluding hydrogens is 342 g/mol. The smallest absolute Gasteiger partial charge is 0.407 e. The third kappa shape index (κ3) is 6.62. The van der Waals surface area contributed by atoms with Crippen LogP contribution in [0.3, 0.4) is 0 Å². The number of hydrogen-bond acceptors (Lipinski definition) is 6. The predicted molar refractivity (Wildman–Crippen MR) is 95.8 cm³/mol. The maximum absolute atomic E-state index is 12.2. The number of thiazole rings is 1. The van der Waals surface area contributed by atoms with Gasteiger partial charge in [-0.25, -0.2) is 9.78 Å².